The van der Waals surface area contributed by atoms with Crippen molar-refractivity contribution in [2.45, 2.75) is 38.3 Å². The lowest BCUT2D eigenvalue weighted by Crippen LogP contribution is -2.28. The number of nitrogens with two attached hydrogens (primary N) is 1. The van der Waals surface area contributed by atoms with Crippen LogP contribution in [0.4, 0.5) is 33.9 Å². The third kappa shape index (κ3) is 5.50. The van der Waals surface area contributed by atoms with Gasteiger partial charge in [0.25, 0.3) is 0 Å². The molecule has 0 aliphatic heterocycles. The highest BCUT2D eigenvalue weighted by atomic mass is 19.4. The van der Waals surface area contributed by atoms with Gasteiger partial charge in [0.1, 0.15) is 5.83 Å². The summed E-state index contributed by atoms with van der Waals surface area (Å²) in [5.74, 6) is -0.541. The minimum Gasteiger partial charge on any atom is -0.382 e. The molecule has 1 aliphatic carbocycles. The van der Waals surface area contributed by atoms with Gasteiger partial charge in [-0.15, -0.1) is 0 Å². The molecule has 0 saturated heterocycles. The molecule has 7 nitrogen and oxygen atoms in total. The number of allylic oxidation sites excluding steroid dienone is 3. The first-order valence-corrected chi connectivity index (χ1v) is 11.5. The van der Waals surface area contributed by atoms with Crippen LogP contribution in [0.15, 0.2) is 53.9 Å². The number of fused-ring (bicyclic) bond motifs is 1. The van der Waals surface area contributed by atoms with Gasteiger partial charge in [0.15, 0.2) is 11.5 Å². The average Bonchev–Trinajstić information content (AvgIpc) is 3.62. The number of aryl methyl sites for hydroxylation is 1. The highest BCUT2D eigenvalue weighted by Crippen LogP contribution is 2.42. The maximum absolute atomic E-state index is 13.7. The number of benzene rings is 1. The Kier molecular flexibility index (Phi) is 7.00. The number of carbonyl (C=O) groups is 1. The van der Waals surface area contributed by atoms with E-state index in [0.717, 1.165) is 41.1 Å². The fourth-order valence-electron chi connectivity index (χ4n) is 3.94. The molecule has 0 radical (unpaired) electrons. The van der Waals surface area contributed by atoms with Crippen LogP contribution in [0.1, 0.15) is 37.8 Å². The zero-order valence-corrected chi connectivity index (χ0v) is 19.8. The van der Waals surface area contributed by atoms with E-state index in [1.807, 2.05) is 18.2 Å². The maximum Gasteiger partial charge on any atom is 0.415 e. The van der Waals surface area contributed by atoms with Gasteiger partial charge in [-0.2, -0.15) is 18.3 Å². The summed E-state index contributed by atoms with van der Waals surface area (Å²) in [5.41, 5.74) is 8.93. The quantitative estimate of drug-likeness (QED) is 0.274. The van der Waals surface area contributed by atoms with Gasteiger partial charge < -0.3 is 16.4 Å². The van der Waals surface area contributed by atoms with Crippen molar-refractivity contribution < 1.29 is 22.4 Å². The van der Waals surface area contributed by atoms with E-state index in [4.69, 9.17) is 10.7 Å². The number of nitrogens with one attached hydrogen (secondary N) is 2. The summed E-state index contributed by atoms with van der Waals surface area (Å²) >= 11 is 0. The van der Waals surface area contributed by atoms with Crippen LogP contribution in [0.2, 0.25) is 0 Å². The number of anilines is 2. The molecule has 2 aromatic heterocycles. The molecule has 3 aromatic rings. The highest BCUT2D eigenvalue weighted by Gasteiger charge is 2.34. The normalized spacial score (nSPS) is 14.8. The molecular formula is C25H26F4N6O. The number of rotatable bonds is 7. The number of aromatic nitrogens is 3. The summed E-state index contributed by atoms with van der Waals surface area (Å²) in [4.78, 5) is 16.9. The number of carbonyl (C=O) groups excluding carboxylic acids is 1. The first kappa shape index (κ1) is 25.2. The Morgan fingerprint density at radius 2 is 1.94 bits per heavy atom. The molecule has 190 valence electrons. The third-order valence-corrected chi connectivity index (χ3v) is 5.92. The minimum atomic E-state index is -4.73. The lowest BCUT2D eigenvalue weighted by molar-refractivity contribution is -0.0952. The largest absolute Gasteiger partial charge is 0.415 e. The molecule has 0 atom stereocenters. The smallest absolute Gasteiger partial charge is 0.382 e. The Morgan fingerprint density at radius 1 is 1.25 bits per heavy atom. The molecule has 1 fully saturated rings. The van der Waals surface area contributed by atoms with Gasteiger partial charge in [-0.1, -0.05) is 25.1 Å². The van der Waals surface area contributed by atoms with Gasteiger partial charge in [0.2, 0.25) is 0 Å². The zero-order valence-electron chi connectivity index (χ0n) is 19.8. The van der Waals surface area contributed by atoms with Crippen molar-refractivity contribution >= 4 is 28.6 Å². The van der Waals surface area contributed by atoms with Crippen LogP contribution in [0.5, 0.6) is 0 Å². The first-order chi connectivity index (χ1) is 17.1. The molecule has 2 amide bonds. The minimum absolute atomic E-state index is 0.147. The predicted octanol–water partition coefficient (Wildman–Crippen LogP) is 5.97. The number of nitrogen functional groups attached to an aromatic ring is 1. The topological polar surface area (TPSA) is 97.9 Å². The summed E-state index contributed by atoms with van der Waals surface area (Å²) in [6, 6.07) is 8.59. The Morgan fingerprint density at radius 3 is 2.56 bits per heavy atom. The number of urea groups is 1. The van der Waals surface area contributed by atoms with Crippen molar-refractivity contribution in [3.05, 3.63) is 59.6 Å². The number of hydrogen-bond donors (Lipinski definition) is 3. The first-order valence-electron chi connectivity index (χ1n) is 11.5. The van der Waals surface area contributed by atoms with Crippen LogP contribution in [-0.2, 0) is 7.05 Å². The second-order valence-electron chi connectivity index (χ2n) is 8.57. The van der Waals surface area contributed by atoms with E-state index < -0.39 is 30.0 Å². The van der Waals surface area contributed by atoms with Gasteiger partial charge >= 0.3 is 12.2 Å². The number of halogens is 4. The van der Waals surface area contributed by atoms with Gasteiger partial charge in [-0.25, -0.2) is 18.9 Å². The van der Waals surface area contributed by atoms with Crippen LogP contribution in [-0.4, -0.2) is 33.5 Å². The van der Waals surface area contributed by atoms with Crippen LogP contribution in [0.3, 0.4) is 0 Å². The molecule has 1 aromatic carbocycles. The molecule has 11 heteroatoms. The molecule has 1 aliphatic rings. The summed E-state index contributed by atoms with van der Waals surface area (Å²) in [6.45, 7) is 1.08. The van der Waals surface area contributed by atoms with Crippen molar-refractivity contribution in [3.8, 4) is 11.1 Å². The van der Waals surface area contributed by atoms with Gasteiger partial charge in [-0.3, -0.25) is 0 Å². The van der Waals surface area contributed by atoms with E-state index >= 15 is 0 Å². The van der Waals surface area contributed by atoms with E-state index in [-0.39, 0.29) is 6.54 Å². The monoisotopic (exact) mass is 502 g/mol. The van der Waals surface area contributed by atoms with Crippen molar-refractivity contribution in [1.82, 2.24) is 20.1 Å². The Bertz CT molecular complexity index is 1340. The summed E-state index contributed by atoms with van der Waals surface area (Å²) in [5, 5.41) is 10.2. The number of pyridine rings is 1. The fourth-order valence-corrected chi connectivity index (χ4v) is 3.94. The van der Waals surface area contributed by atoms with E-state index in [9.17, 15) is 22.4 Å². The molecule has 4 N–H and O–H groups in total. The highest BCUT2D eigenvalue weighted by molar-refractivity contribution is 6.00. The van der Waals surface area contributed by atoms with E-state index in [1.165, 1.54) is 6.92 Å². The second kappa shape index (κ2) is 10.00. The maximum atomic E-state index is 13.7. The molecule has 0 unspecified atom stereocenters. The molecule has 1 saturated carbocycles. The van der Waals surface area contributed by atoms with Crippen LogP contribution in [0, 0.1) is 0 Å². The zero-order chi connectivity index (χ0) is 26.0. The number of alkyl halides is 3. The second-order valence-corrected chi connectivity index (χ2v) is 8.57. The Labute approximate surface area is 205 Å². The Balaban J connectivity index is 1.43. The molecule has 0 bridgehead atoms. The van der Waals surface area contributed by atoms with E-state index in [2.05, 4.69) is 15.7 Å². The van der Waals surface area contributed by atoms with Gasteiger partial charge in [0.05, 0.1) is 11.0 Å². The van der Waals surface area contributed by atoms with Crippen molar-refractivity contribution in [3.63, 3.8) is 0 Å². The average molecular weight is 503 g/mol. The number of amides is 2. The van der Waals surface area contributed by atoms with Crippen LogP contribution in [0.25, 0.3) is 22.2 Å². The summed E-state index contributed by atoms with van der Waals surface area (Å²) in [7, 11) is 1.80. The lowest BCUT2D eigenvalue weighted by atomic mass is 10.0. The van der Waals surface area contributed by atoms with E-state index in [1.54, 1.807) is 23.9 Å². The molecular weight excluding hydrogens is 476 g/mol. The van der Waals surface area contributed by atoms with E-state index in [0.29, 0.717) is 29.1 Å². The van der Waals surface area contributed by atoms with Crippen molar-refractivity contribution in [2.75, 3.05) is 17.6 Å². The fraction of sp³-hybridized carbons (Fsp3) is 0.320. The standard InChI is InChI=1S/C25H26F4N6O/c1-3-18(25(27,28)29)19(26)5-4-12-31-24(36)32-16-10-8-14(9-11-16)17-13-20(15-6-7-15)33-23-21(17)22(30)34-35(23)2/h4-5,8-11,13,15H,3,6-7,12H2,1-2H3,(H2,30,34)(H2,31,32,36)/b5-4-,19-18-. The van der Waals surface area contributed by atoms with Crippen LogP contribution >= 0.6 is 0 Å². The predicted molar refractivity (Wildman–Crippen MR) is 131 cm³/mol. The molecule has 36 heavy (non-hydrogen) atoms. The van der Waals surface area contributed by atoms with Gasteiger partial charge in [0, 0.05) is 30.9 Å². The number of nitrogens with zero attached hydrogens (tertiary/aromatic N) is 3. The SMILES string of the molecule is CC/C(=C(F)\C=C/CNC(=O)Nc1ccc(-c2cc(C3CC3)nc3c2c(N)nn3C)cc1)C(F)(F)F. The van der Waals surface area contributed by atoms with Gasteiger partial charge in [-0.05, 0) is 54.7 Å². The summed E-state index contributed by atoms with van der Waals surface area (Å²) < 4.78 is 53.6. The van der Waals surface area contributed by atoms with Crippen LogP contribution < -0.4 is 16.4 Å². The summed E-state index contributed by atoms with van der Waals surface area (Å²) in [6.07, 6.45) is -1.19. The molecule has 0 spiro atoms. The van der Waals surface area contributed by atoms with Crippen molar-refractivity contribution in [2.24, 2.45) is 7.05 Å². The molecule has 4 rings (SSSR count). The third-order valence-electron chi connectivity index (χ3n) is 5.92. The number of hydrogen-bond acceptors (Lipinski definition) is 4. The van der Waals surface area contributed by atoms with Crippen molar-refractivity contribution in [1.29, 1.82) is 0 Å². The molecule has 2 heterocycles. The Hall–Kier alpha value is -3.89. The lowest BCUT2D eigenvalue weighted by Gasteiger charge is -2.10.